The first kappa shape index (κ1) is 14.7. The Kier molecular flexibility index (Phi) is 4.26. The highest BCUT2D eigenvalue weighted by Gasteiger charge is 2.15. The van der Waals surface area contributed by atoms with Crippen molar-refractivity contribution in [3.05, 3.63) is 60.4 Å². The Morgan fingerprint density at radius 1 is 0.870 bits per heavy atom. The molecule has 0 bridgehead atoms. The molecule has 0 saturated carbocycles. The van der Waals surface area contributed by atoms with Crippen LogP contribution in [0.15, 0.2) is 64.5 Å². The summed E-state index contributed by atoms with van der Waals surface area (Å²) in [5, 5.41) is 2.18. The predicted octanol–water partition coefficient (Wildman–Crippen LogP) is 4.38. The quantitative estimate of drug-likeness (QED) is 0.667. The van der Waals surface area contributed by atoms with Gasteiger partial charge in [-0.15, -0.1) is 0 Å². The van der Waals surface area contributed by atoms with Gasteiger partial charge in [0.1, 0.15) is 10.9 Å². The predicted molar refractivity (Wildman–Crippen MR) is 94.6 cm³/mol. The highest BCUT2D eigenvalue weighted by atomic mass is 32.2. The van der Waals surface area contributed by atoms with Crippen LogP contribution in [0.1, 0.15) is 18.7 Å². The van der Waals surface area contributed by atoms with Crippen molar-refractivity contribution in [3.63, 3.8) is 0 Å². The lowest BCUT2D eigenvalue weighted by atomic mass is 10.2. The standard InChI is InChI=1S/C19H19N3S/c1-2-8-15(9-3-1)23-19-16-10-4-5-11-17(16)20-18(21-19)14-22-12-6-7-13-22/h1-5,8-11H,6-7,12-14H2. The van der Waals surface area contributed by atoms with Crippen LogP contribution in [0.4, 0.5) is 0 Å². The average Bonchev–Trinajstić information content (AvgIpc) is 3.09. The van der Waals surface area contributed by atoms with Crippen molar-refractivity contribution in [2.24, 2.45) is 0 Å². The van der Waals surface area contributed by atoms with Gasteiger partial charge in [0.15, 0.2) is 0 Å². The number of para-hydroxylation sites is 1. The molecule has 0 spiro atoms. The summed E-state index contributed by atoms with van der Waals surface area (Å²) in [6, 6.07) is 18.7. The first-order valence-corrected chi connectivity index (χ1v) is 8.91. The van der Waals surface area contributed by atoms with Crippen molar-refractivity contribution in [2.45, 2.75) is 29.3 Å². The summed E-state index contributed by atoms with van der Waals surface area (Å²) in [5.41, 5.74) is 1.04. The van der Waals surface area contributed by atoms with E-state index >= 15 is 0 Å². The summed E-state index contributed by atoms with van der Waals surface area (Å²) in [5.74, 6) is 0.934. The summed E-state index contributed by atoms with van der Waals surface area (Å²) in [6.07, 6.45) is 2.58. The van der Waals surface area contributed by atoms with Crippen LogP contribution in [0.2, 0.25) is 0 Å². The number of nitrogens with zero attached hydrogens (tertiary/aromatic N) is 3. The Morgan fingerprint density at radius 2 is 1.61 bits per heavy atom. The molecule has 1 fully saturated rings. The monoisotopic (exact) mass is 321 g/mol. The number of hydrogen-bond acceptors (Lipinski definition) is 4. The topological polar surface area (TPSA) is 29.0 Å². The third kappa shape index (κ3) is 3.38. The van der Waals surface area contributed by atoms with Crippen molar-refractivity contribution in [3.8, 4) is 0 Å². The molecule has 0 amide bonds. The van der Waals surface area contributed by atoms with Crippen LogP contribution in [0, 0.1) is 0 Å². The second-order valence-corrected chi connectivity index (χ2v) is 6.92. The zero-order valence-electron chi connectivity index (χ0n) is 13.0. The van der Waals surface area contributed by atoms with Gasteiger partial charge in [-0.05, 0) is 44.1 Å². The number of hydrogen-bond donors (Lipinski definition) is 0. The maximum absolute atomic E-state index is 4.87. The smallest absolute Gasteiger partial charge is 0.144 e. The summed E-state index contributed by atoms with van der Waals surface area (Å²) in [6.45, 7) is 3.18. The Hall–Kier alpha value is -1.91. The molecule has 116 valence electrons. The summed E-state index contributed by atoms with van der Waals surface area (Å²) < 4.78 is 0. The van der Waals surface area contributed by atoms with Crippen molar-refractivity contribution in [1.82, 2.24) is 14.9 Å². The lowest BCUT2D eigenvalue weighted by Crippen LogP contribution is -2.20. The third-order valence-electron chi connectivity index (χ3n) is 4.14. The number of rotatable bonds is 4. The number of likely N-dealkylation sites (tertiary alicyclic amines) is 1. The molecule has 4 heteroatoms. The number of aromatic nitrogens is 2. The van der Waals surface area contributed by atoms with E-state index in [0.29, 0.717) is 0 Å². The largest absolute Gasteiger partial charge is 0.296 e. The van der Waals surface area contributed by atoms with Gasteiger partial charge in [-0.2, -0.15) is 0 Å². The molecular formula is C19H19N3S. The van der Waals surface area contributed by atoms with E-state index < -0.39 is 0 Å². The minimum Gasteiger partial charge on any atom is -0.296 e. The Balaban J connectivity index is 1.71. The zero-order valence-corrected chi connectivity index (χ0v) is 13.8. The summed E-state index contributed by atoms with van der Waals surface area (Å²) in [7, 11) is 0. The third-order valence-corrected chi connectivity index (χ3v) is 5.15. The fraction of sp³-hybridized carbons (Fsp3) is 0.263. The molecule has 3 nitrogen and oxygen atoms in total. The molecule has 0 aliphatic carbocycles. The van der Waals surface area contributed by atoms with Gasteiger partial charge >= 0.3 is 0 Å². The van der Waals surface area contributed by atoms with Gasteiger partial charge < -0.3 is 0 Å². The molecule has 23 heavy (non-hydrogen) atoms. The van der Waals surface area contributed by atoms with Gasteiger partial charge in [-0.25, -0.2) is 9.97 Å². The van der Waals surface area contributed by atoms with E-state index in [1.807, 2.05) is 12.1 Å². The molecule has 0 N–H and O–H groups in total. The van der Waals surface area contributed by atoms with Crippen LogP contribution in [-0.2, 0) is 6.54 Å². The molecule has 2 aromatic carbocycles. The van der Waals surface area contributed by atoms with Gasteiger partial charge in [0, 0.05) is 10.3 Å². The van der Waals surface area contributed by atoms with Crippen molar-refractivity contribution >= 4 is 22.7 Å². The maximum Gasteiger partial charge on any atom is 0.144 e. The van der Waals surface area contributed by atoms with E-state index in [1.165, 1.54) is 17.7 Å². The molecule has 4 rings (SSSR count). The molecule has 2 heterocycles. The lowest BCUT2D eigenvalue weighted by Gasteiger charge is -2.14. The Bertz CT molecular complexity index is 798. The molecule has 0 radical (unpaired) electrons. The molecule has 0 unspecified atom stereocenters. The van der Waals surface area contributed by atoms with E-state index in [0.717, 1.165) is 41.4 Å². The van der Waals surface area contributed by atoms with Gasteiger partial charge in [-0.1, -0.05) is 48.2 Å². The second kappa shape index (κ2) is 6.69. The van der Waals surface area contributed by atoms with Gasteiger partial charge in [0.2, 0.25) is 0 Å². The molecule has 1 aliphatic rings. The SMILES string of the molecule is c1ccc(Sc2nc(CN3CCCC3)nc3ccccc23)cc1. The van der Waals surface area contributed by atoms with Crippen molar-refractivity contribution in [2.75, 3.05) is 13.1 Å². The maximum atomic E-state index is 4.87. The van der Waals surface area contributed by atoms with Gasteiger partial charge in [0.05, 0.1) is 12.1 Å². The summed E-state index contributed by atoms with van der Waals surface area (Å²) in [4.78, 5) is 13.3. The highest BCUT2D eigenvalue weighted by Crippen LogP contribution is 2.31. The highest BCUT2D eigenvalue weighted by molar-refractivity contribution is 7.99. The second-order valence-electron chi connectivity index (χ2n) is 5.86. The van der Waals surface area contributed by atoms with Gasteiger partial charge in [0.25, 0.3) is 0 Å². The minimum atomic E-state index is 0.854. The zero-order chi connectivity index (χ0) is 15.5. The average molecular weight is 321 g/mol. The normalized spacial score (nSPS) is 15.3. The van der Waals surface area contributed by atoms with Gasteiger partial charge in [-0.3, -0.25) is 4.90 Å². The first-order valence-electron chi connectivity index (χ1n) is 8.09. The van der Waals surface area contributed by atoms with Crippen LogP contribution in [0.25, 0.3) is 10.9 Å². The minimum absolute atomic E-state index is 0.854. The van der Waals surface area contributed by atoms with E-state index in [9.17, 15) is 0 Å². The van der Waals surface area contributed by atoms with E-state index in [4.69, 9.17) is 9.97 Å². The van der Waals surface area contributed by atoms with Crippen molar-refractivity contribution in [1.29, 1.82) is 0 Å². The lowest BCUT2D eigenvalue weighted by molar-refractivity contribution is 0.322. The molecule has 0 atom stereocenters. The molecular weight excluding hydrogens is 302 g/mol. The Morgan fingerprint density at radius 3 is 2.43 bits per heavy atom. The fourth-order valence-electron chi connectivity index (χ4n) is 2.98. The molecule has 1 aromatic heterocycles. The summed E-state index contributed by atoms with van der Waals surface area (Å²) >= 11 is 1.72. The number of fused-ring (bicyclic) bond motifs is 1. The van der Waals surface area contributed by atoms with E-state index in [2.05, 4.69) is 47.4 Å². The first-order chi connectivity index (χ1) is 11.4. The van der Waals surface area contributed by atoms with Crippen LogP contribution < -0.4 is 0 Å². The Labute approximate surface area is 140 Å². The van der Waals surface area contributed by atoms with Crippen molar-refractivity contribution < 1.29 is 0 Å². The molecule has 1 saturated heterocycles. The molecule has 1 aliphatic heterocycles. The number of benzene rings is 2. The fourth-order valence-corrected chi connectivity index (χ4v) is 3.93. The van der Waals surface area contributed by atoms with Crippen LogP contribution in [0.5, 0.6) is 0 Å². The van der Waals surface area contributed by atoms with Crippen LogP contribution in [-0.4, -0.2) is 28.0 Å². The molecule has 3 aromatic rings. The van der Waals surface area contributed by atoms with Crippen LogP contribution in [0.3, 0.4) is 0 Å². The van der Waals surface area contributed by atoms with E-state index in [1.54, 1.807) is 11.8 Å². The van der Waals surface area contributed by atoms with E-state index in [-0.39, 0.29) is 0 Å². The van der Waals surface area contributed by atoms with Crippen LogP contribution >= 0.6 is 11.8 Å².